The summed E-state index contributed by atoms with van der Waals surface area (Å²) in [5.41, 5.74) is 2.98. The van der Waals surface area contributed by atoms with Crippen molar-refractivity contribution in [2.24, 2.45) is 17.8 Å². The highest BCUT2D eigenvalue weighted by Crippen LogP contribution is 2.36. The van der Waals surface area contributed by atoms with Gasteiger partial charge in [-0.2, -0.15) is 0 Å². The fourth-order valence-electron chi connectivity index (χ4n) is 4.03. The third-order valence-corrected chi connectivity index (χ3v) is 5.41. The van der Waals surface area contributed by atoms with Crippen molar-refractivity contribution in [3.8, 4) is 0 Å². The predicted molar refractivity (Wildman–Crippen MR) is 79.1 cm³/mol. The first-order valence-corrected chi connectivity index (χ1v) is 7.99. The van der Waals surface area contributed by atoms with E-state index in [-0.39, 0.29) is 6.10 Å². The molecule has 0 aliphatic heterocycles. The molecule has 0 spiro atoms. The molecule has 2 atom stereocenters. The van der Waals surface area contributed by atoms with Crippen LogP contribution in [0.3, 0.4) is 0 Å². The highest BCUT2D eigenvalue weighted by atomic mass is 16.3. The fraction of sp³-hybridized carbons (Fsp3) is 0.667. The number of rotatable bonds is 2. The summed E-state index contributed by atoms with van der Waals surface area (Å²) in [5, 5.41) is 10.7. The van der Waals surface area contributed by atoms with Crippen LogP contribution in [0.1, 0.15) is 50.2 Å². The van der Waals surface area contributed by atoms with E-state index >= 15 is 0 Å². The molecule has 1 aromatic rings. The molecule has 2 aliphatic rings. The van der Waals surface area contributed by atoms with Gasteiger partial charge in [-0.1, -0.05) is 44.0 Å². The van der Waals surface area contributed by atoms with Crippen LogP contribution in [0.5, 0.6) is 0 Å². The Morgan fingerprint density at radius 1 is 0.947 bits per heavy atom. The number of aliphatic hydroxyl groups excluding tert-OH is 1. The number of hydrogen-bond donors (Lipinski definition) is 1. The Labute approximate surface area is 117 Å². The van der Waals surface area contributed by atoms with E-state index in [1.54, 1.807) is 0 Å². The molecule has 0 aromatic heterocycles. The van der Waals surface area contributed by atoms with Crippen LogP contribution in [-0.2, 0) is 12.8 Å². The van der Waals surface area contributed by atoms with E-state index < -0.39 is 0 Å². The molecule has 1 saturated carbocycles. The van der Waals surface area contributed by atoms with Gasteiger partial charge in [0.05, 0.1) is 6.10 Å². The molecule has 104 valence electrons. The lowest BCUT2D eigenvalue weighted by molar-refractivity contribution is 0.0220. The van der Waals surface area contributed by atoms with Crippen LogP contribution in [0, 0.1) is 17.8 Å². The molecule has 1 heteroatoms. The summed E-state index contributed by atoms with van der Waals surface area (Å²) in [6, 6.07) is 8.77. The minimum Gasteiger partial charge on any atom is -0.393 e. The highest BCUT2D eigenvalue weighted by molar-refractivity contribution is 5.29. The van der Waals surface area contributed by atoms with Crippen molar-refractivity contribution in [3.63, 3.8) is 0 Å². The van der Waals surface area contributed by atoms with Gasteiger partial charge in [-0.25, -0.2) is 0 Å². The maximum Gasteiger partial charge on any atom is 0.0599 e. The molecule has 1 N–H and O–H groups in total. The Hall–Kier alpha value is -0.820. The molecular formula is C18H26O. The van der Waals surface area contributed by atoms with Gasteiger partial charge in [0.15, 0.2) is 0 Å². The molecule has 0 radical (unpaired) electrons. The van der Waals surface area contributed by atoms with Crippen LogP contribution >= 0.6 is 0 Å². The Morgan fingerprint density at radius 3 is 2.37 bits per heavy atom. The van der Waals surface area contributed by atoms with Crippen molar-refractivity contribution < 1.29 is 5.11 Å². The molecule has 1 nitrogen and oxygen atoms in total. The number of hydrogen-bond acceptors (Lipinski definition) is 1. The third-order valence-electron chi connectivity index (χ3n) is 5.41. The van der Waals surface area contributed by atoms with E-state index in [1.807, 2.05) is 0 Å². The molecule has 3 rings (SSSR count). The van der Waals surface area contributed by atoms with Gasteiger partial charge in [0.1, 0.15) is 0 Å². The molecule has 1 aromatic carbocycles. The lowest BCUT2D eigenvalue weighted by atomic mass is 9.72. The number of fused-ring (bicyclic) bond motifs is 1. The number of aliphatic hydroxyl groups is 1. The summed E-state index contributed by atoms with van der Waals surface area (Å²) in [6.45, 7) is 2.35. The standard InChI is InChI=1S/C18H26O/c1-13-6-8-15(9-7-13)18(19)17-11-10-14-4-2-3-5-16(14)12-17/h2-5,13,15,17-19H,6-12H2,1H3. The Morgan fingerprint density at radius 2 is 1.63 bits per heavy atom. The minimum absolute atomic E-state index is 0.0687. The van der Waals surface area contributed by atoms with Crippen molar-refractivity contribution in [1.82, 2.24) is 0 Å². The molecule has 2 aliphatic carbocycles. The van der Waals surface area contributed by atoms with Gasteiger partial charge in [0.25, 0.3) is 0 Å². The van der Waals surface area contributed by atoms with Gasteiger partial charge in [0, 0.05) is 0 Å². The molecule has 0 amide bonds. The molecule has 2 unspecified atom stereocenters. The van der Waals surface area contributed by atoms with Crippen molar-refractivity contribution in [2.75, 3.05) is 0 Å². The van der Waals surface area contributed by atoms with Crippen LogP contribution in [0.4, 0.5) is 0 Å². The second-order valence-corrected chi connectivity index (χ2v) is 6.78. The molecule has 1 fully saturated rings. The topological polar surface area (TPSA) is 20.2 Å². The number of aryl methyl sites for hydroxylation is 1. The second kappa shape index (κ2) is 5.66. The van der Waals surface area contributed by atoms with Crippen molar-refractivity contribution in [3.05, 3.63) is 35.4 Å². The van der Waals surface area contributed by atoms with Gasteiger partial charge in [-0.3, -0.25) is 0 Å². The van der Waals surface area contributed by atoms with E-state index in [2.05, 4.69) is 31.2 Å². The van der Waals surface area contributed by atoms with Crippen molar-refractivity contribution in [2.45, 2.75) is 58.0 Å². The van der Waals surface area contributed by atoms with E-state index in [4.69, 9.17) is 0 Å². The molecular weight excluding hydrogens is 232 g/mol. The summed E-state index contributed by atoms with van der Waals surface area (Å²) < 4.78 is 0. The molecule has 0 saturated heterocycles. The molecule has 19 heavy (non-hydrogen) atoms. The van der Waals surface area contributed by atoms with Crippen LogP contribution < -0.4 is 0 Å². The van der Waals surface area contributed by atoms with E-state index in [0.29, 0.717) is 11.8 Å². The fourth-order valence-corrected chi connectivity index (χ4v) is 4.03. The summed E-state index contributed by atoms with van der Waals surface area (Å²) >= 11 is 0. The Balaban J connectivity index is 1.64. The minimum atomic E-state index is -0.0687. The number of benzene rings is 1. The van der Waals surface area contributed by atoms with E-state index in [0.717, 1.165) is 18.8 Å². The predicted octanol–water partition coefficient (Wildman–Crippen LogP) is 3.98. The summed E-state index contributed by atoms with van der Waals surface area (Å²) in [6.07, 6.45) is 8.44. The van der Waals surface area contributed by atoms with Crippen LogP contribution in [0.25, 0.3) is 0 Å². The van der Waals surface area contributed by atoms with Crippen LogP contribution in [0.2, 0.25) is 0 Å². The maximum atomic E-state index is 10.7. The zero-order chi connectivity index (χ0) is 13.2. The lowest BCUT2D eigenvalue weighted by Crippen LogP contribution is -2.35. The summed E-state index contributed by atoms with van der Waals surface area (Å²) in [5.74, 6) is 1.93. The summed E-state index contributed by atoms with van der Waals surface area (Å²) in [7, 11) is 0. The first-order valence-electron chi connectivity index (χ1n) is 7.99. The first-order chi connectivity index (χ1) is 9.24. The van der Waals surface area contributed by atoms with Crippen LogP contribution in [0.15, 0.2) is 24.3 Å². The second-order valence-electron chi connectivity index (χ2n) is 6.78. The zero-order valence-corrected chi connectivity index (χ0v) is 12.0. The molecule has 0 heterocycles. The van der Waals surface area contributed by atoms with Crippen molar-refractivity contribution >= 4 is 0 Å². The summed E-state index contributed by atoms with van der Waals surface area (Å²) in [4.78, 5) is 0. The Bertz CT molecular complexity index is 417. The Kier molecular flexibility index (Phi) is 3.93. The maximum absolute atomic E-state index is 10.7. The SMILES string of the molecule is CC1CCC(C(O)C2CCc3ccccc3C2)CC1. The van der Waals surface area contributed by atoms with Gasteiger partial charge in [-0.15, -0.1) is 0 Å². The smallest absolute Gasteiger partial charge is 0.0599 e. The molecule has 0 bridgehead atoms. The van der Waals surface area contributed by atoms with Gasteiger partial charge in [0.2, 0.25) is 0 Å². The monoisotopic (exact) mass is 258 g/mol. The quantitative estimate of drug-likeness (QED) is 0.850. The highest BCUT2D eigenvalue weighted by Gasteiger charge is 2.32. The average molecular weight is 258 g/mol. The normalized spacial score (nSPS) is 32.6. The average Bonchev–Trinajstić information content (AvgIpc) is 2.47. The zero-order valence-electron chi connectivity index (χ0n) is 12.0. The third kappa shape index (κ3) is 2.86. The largest absolute Gasteiger partial charge is 0.393 e. The van der Waals surface area contributed by atoms with Gasteiger partial charge in [-0.05, 0) is 61.0 Å². The lowest BCUT2D eigenvalue weighted by Gasteiger charge is -2.36. The van der Waals surface area contributed by atoms with E-state index in [9.17, 15) is 5.11 Å². The van der Waals surface area contributed by atoms with E-state index in [1.165, 1.54) is 43.2 Å². The van der Waals surface area contributed by atoms with Crippen molar-refractivity contribution in [1.29, 1.82) is 0 Å². The van der Waals surface area contributed by atoms with Gasteiger partial charge < -0.3 is 5.11 Å². The van der Waals surface area contributed by atoms with Crippen LogP contribution in [-0.4, -0.2) is 11.2 Å². The first kappa shape index (κ1) is 13.2. The van der Waals surface area contributed by atoms with Gasteiger partial charge >= 0.3 is 0 Å².